The Bertz CT molecular complexity index is 494. The minimum Gasteiger partial charge on any atom is -0.481 e. The molecule has 96 valence electrons. The zero-order valence-corrected chi connectivity index (χ0v) is 11.8. The van der Waals surface area contributed by atoms with Crippen LogP contribution in [0, 0.1) is 0 Å². The number of ether oxygens (including phenoxy) is 1. The second-order valence-corrected chi connectivity index (χ2v) is 5.75. The van der Waals surface area contributed by atoms with Crippen LogP contribution in [0.5, 0.6) is 5.88 Å². The van der Waals surface area contributed by atoms with E-state index in [0.717, 1.165) is 12.2 Å². The summed E-state index contributed by atoms with van der Waals surface area (Å²) < 4.78 is 5.11. The van der Waals surface area contributed by atoms with Crippen LogP contribution in [0.2, 0.25) is 0 Å². The molecule has 0 spiro atoms. The van der Waals surface area contributed by atoms with Crippen molar-refractivity contribution in [2.45, 2.75) is 19.3 Å². The second-order valence-electron chi connectivity index (χ2n) is 4.80. The van der Waals surface area contributed by atoms with E-state index in [1.54, 1.807) is 24.6 Å². The van der Waals surface area contributed by atoms with Crippen LogP contribution in [0.3, 0.4) is 0 Å². The molecule has 0 bridgehead atoms. The van der Waals surface area contributed by atoms with Gasteiger partial charge in [0.05, 0.1) is 7.11 Å². The Kier molecular flexibility index (Phi) is 3.87. The van der Waals surface area contributed by atoms with Gasteiger partial charge in [0, 0.05) is 34.8 Å². The molecule has 0 atom stereocenters. The first-order valence-corrected chi connectivity index (χ1v) is 6.78. The number of methoxy groups -OCH3 is 1. The van der Waals surface area contributed by atoms with Crippen LogP contribution in [-0.2, 0) is 5.41 Å². The largest absolute Gasteiger partial charge is 0.481 e. The Balaban J connectivity index is 2.02. The Morgan fingerprint density at radius 3 is 2.89 bits per heavy atom. The average molecular weight is 262 g/mol. The normalized spacial score (nSPS) is 11.3. The highest BCUT2D eigenvalue weighted by Gasteiger charge is 2.21. The topological polar surface area (TPSA) is 34.1 Å². The maximum atomic E-state index is 5.11. The number of aromatic nitrogens is 1. The van der Waals surface area contributed by atoms with Crippen molar-refractivity contribution in [2.24, 2.45) is 0 Å². The van der Waals surface area contributed by atoms with Crippen LogP contribution in [0.1, 0.15) is 18.7 Å². The van der Waals surface area contributed by atoms with Gasteiger partial charge in [0.25, 0.3) is 0 Å². The molecule has 0 radical (unpaired) electrons. The van der Waals surface area contributed by atoms with E-state index in [4.69, 9.17) is 4.74 Å². The van der Waals surface area contributed by atoms with Crippen molar-refractivity contribution in [3.8, 4) is 5.88 Å². The molecule has 0 unspecified atom stereocenters. The molecule has 0 fully saturated rings. The van der Waals surface area contributed by atoms with Gasteiger partial charge in [-0.1, -0.05) is 19.9 Å². The van der Waals surface area contributed by atoms with E-state index in [0.29, 0.717) is 5.88 Å². The second kappa shape index (κ2) is 5.40. The predicted molar refractivity (Wildman–Crippen MR) is 76.6 cm³/mol. The highest BCUT2D eigenvalue weighted by atomic mass is 32.1. The monoisotopic (exact) mass is 262 g/mol. The standard InChI is InChI=1S/C14H18N2OS/c1-14(2,12-5-4-8-18-12)10-16-11-6-7-15-13(9-11)17-3/h4-9H,10H2,1-3H3,(H,15,16). The lowest BCUT2D eigenvalue weighted by atomic mass is 9.91. The summed E-state index contributed by atoms with van der Waals surface area (Å²) in [5.74, 6) is 0.633. The van der Waals surface area contributed by atoms with E-state index in [1.165, 1.54) is 4.88 Å². The zero-order chi connectivity index (χ0) is 13.0. The molecule has 0 aromatic carbocycles. The number of anilines is 1. The maximum Gasteiger partial charge on any atom is 0.214 e. The maximum absolute atomic E-state index is 5.11. The summed E-state index contributed by atoms with van der Waals surface area (Å²) in [7, 11) is 1.63. The first-order chi connectivity index (χ1) is 8.62. The molecular formula is C14H18N2OS. The van der Waals surface area contributed by atoms with Crippen LogP contribution in [0.25, 0.3) is 0 Å². The van der Waals surface area contributed by atoms with Gasteiger partial charge in [0.15, 0.2) is 0 Å². The van der Waals surface area contributed by atoms with Crippen molar-refractivity contribution in [3.05, 3.63) is 40.7 Å². The summed E-state index contributed by atoms with van der Waals surface area (Å²) >= 11 is 1.80. The first-order valence-electron chi connectivity index (χ1n) is 5.90. The van der Waals surface area contributed by atoms with Crippen molar-refractivity contribution >= 4 is 17.0 Å². The number of thiophene rings is 1. The van der Waals surface area contributed by atoms with Crippen molar-refractivity contribution < 1.29 is 4.74 Å². The molecule has 4 heteroatoms. The molecule has 2 aromatic heterocycles. The molecule has 0 aliphatic heterocycles. The third-order valence-corrected chi connectivity index (χ3v) is 4.10. The Hall–Kier alpha value is -1.55. The third kappa shape index (κ3) is 3.01. The van der Waals surface area contributed by atoms with Crippen LogP contribution >= 0.6 is 11.3 Å². The smallest absolute Gasteiger partial charge is 0.214 e. The van der Waals surface area contributed by atoms with Gasteiger partial charge in [-0.05, 0) is 17.5 Å². The molecule has 18 heavy (non-hydrogen) atoms. The SMILES string of the molecule is COc1cc(NCC(C)(C)c2cccs2)ccn1. The lowest BCUT2D eigenvalue weighted by molar-refractivity contribution is 0.398. The van der Waals surface area contributed by atoms with Crippen LogP contribution in [0.4, 0.5) is 5.69 Å². The molecular weight excluding hydrogens is 244 g/mol. The minimum atomic E-state index is 0.116. The van der Waals surface area contributed by atoms with E-state index < -0.39 is 0 Å². The molecule has 0 saturated heterocycles. The fourth-order valence-electron chi connectivity index (χ4n) is 1.70. The highest BCUT2D eigenvalue weighted by Crippen LogP contribution is 2.28. The van der Waals surface area contributed by atoms with Gasteiger partial charge in [0.2, 0.25) is 5.88 Å². The van der Waals surface area contributed by atoms with Gasteiger partial charge in [-0.2, -0.15) is 0 Å². The van der Waals surface area contributed by atoms with Crippen LogP contribution < -0.4 is 10.1 Å². The van der Waals surface area contributed by atoms with E-state index in [2.05, 4.69) is 41.7 Å². The predicted octanol–water partition coefficient (Wildman–Crippen LogP) is 3.54. The lowest BCUT2D eigenvalue weighted by Crippen LogP contribution is -2.26. The average Bonchev–Trinajstić information content (AvgIpc) is 2.91. The molecule has 2 heterocycles. The molecule has 0 aliphatic carbocycles. The molecule has 0 aliphatic rings. The molecule has 2 rings (SSSR count). The summed E-state index contributed by atoms with van der Waals surface area (Å²) in [4.78, 5) is 5.48. The van der Waals surface area contributed by atoms with Gasteiger partial charge >= 0.3 is 0 Å². The molecule has 3 nitrogen and oxygen atoms in total. The molecule has 2 aromatic rings. The number of pyridine rings is 1. The van der Waals surface area contributed by atoms with Gasteiger partial charge in [-0.3, -0.25) is 0 Å². The number of hydrogen-bond acceptors (Lipinski definition) is 4. The molecule has 1 N–H and O–H groups in total. The van der Waals surface area contributed by atoms with Crippen molar-refractivity contribution in [1.82, 2.24) is 4.98 Å². The number of nitrogens with one attached hydrogen (secondary N) is 1. The quantitative estimate of drug-likeness (QED) is 0.895. The van der Waals surface area contributed by atoms with Crippen molar-refractivity contribution in [2.75, 3.05) is 19.0 Å². The Labute approximate surface area is 112 Å². The fourth-order valence-corrected chi connectivity index (χ4v) is 2.56. The van der Waals surface area contributed by atoms with Gasteiger partial charge in [-0.25, -0.2) is 4.98 Å². The van der Waals surface area contributed by atoms with Gasteiger partial charge in [0.1, 0.15) is 0 Å². The number of hydrogen-bond donors (Lipinski definition) is 1. The zero-order valence-electron chi connectivity index (χ0n) is 10.9. The fraction of sp³-hybridized carbons (Fsp3) is 0.357. The first kappa shape index (κ1) is 12.9. The van der Waals surface area contributed by atoms with Gasteiger partial charge in [-0.15, -0.1) is 11.3 Å². The number of rotatable bonds is 5. The van der Waals surface area contributed by atoms with Crippen LogP contribution in [-0.4, -0.2) is 18.6 Å². The number of nitrogens with zero attached hydrogens (tertiary/aromatic N) is 1. The third-order valence-electron chi connectivity index (χ3n) is 2.87. The molecule has 0 amide bonds. The lowest BCUT2D eigenvalue weighted by Gasteiger charge is -2.24. The Morgan fingerprint density at radius 1 is 1.39 bits per heavy atom. The summed E-state index contributed by atoms with van der Waals surface area (Å²) in [6.45, 7) is 5.36. The van der Waals surface area contributed by atoms with Crippen LogP contribution in [0.15, 0.2) is 35.8 Å². The molecule has 0 saturated carbocycles. The van der Waals surface area contributed by atoms with Crippen molar-refractivity contribution in [1.29, 1.82) is 0 Å². The van der Waals surface area contributed by atoms with E-state index in [1.807, 2.05) is 12.1 Å². The Morgan fingerprint density at radius 2 is 2.22 bits per heavy atom. The van der Waals surface area contributed by atoms with E-state index in [-0.39, 0.29) is 5.41 Å². The summed E-state index contributed by atoms with van der Waals surface area (Å²) in [6.07, 6.45) is 1.75. The van der Waals surface area contributed by atoms with Crippen molar-refractivity contribution in [3.63, 3.8) is 0 Å². The van der Waals surface area contributed by atoms with E-state index >= 15 is 0 Å². The van der Waals surface area contributed by atoms with E-state index in [9.17, 15) is 0 Å². The summed E-state index contributed by atoms with van der Waals surface area (Å²) in [6, 6.07) is 8.13. The van der Waals surface area contributed by atoms with Gasteiger partial charge < -0.3 is 10.1 Å². The highest BCUT2D eigenvalue weighted by molar-refractivity contribution is 7.10. The minimum absolute atomic E-state index is 0.116. The summed E-state index contributed by atoms with van der Waals surface area (Å²) in [5, 5.41) is 5.55. The summed E-state index contributed by atoms with van der Waals surface area (Å²) in [5.41, 5.74) is 1.15.